The monoisotopic (exact) mass is 322 g/mol. The molecular weight excluding hydrogens is 308 g/mol. The van der Waals surface area contributed by atoms with Crippen molar-refractivity contribution in [2.75, 3.05) is 5.32 Å². The molecule has 1 N–H and O–H groups in total. The first-order valence-corrected chi connectivity index (χ1v) is 7.65. The van der Waals surface area contributed by atoms with Crippen molar-refractivity contribution in [1.29, 1.82) is 0 Å². The lowest BCUT2D eigenvalue weighted by atomic mass is 10.2. The second-order valence-corrected chi connectivity index (χ2v) is 5.82. The molecule has 3 aromatic rings. The molecule has 1 aromatic carbocycles. The largest absolute Gasteiger partial charge is 0.316 e. The number of fused-ring (bicyclic) bond motifs is 1. The molecule has 2 aromatic heterocycles. The highest BCUT2D eigenvalue weighted by Crippen LogP contribution is 2.31. The quantitative estimate of drug-likeness (QED) is 0.589. The lowest BCUT2D eigenvalue weighted by molar-refractivity contribution is -0.383. The molecule has 1 aliphatic rings. The smallest absolute Gasteiger partial charge is 0.278 e. The summed E-state index contributed by atoms with van der Waals surface area (Å²) in [5.41, 5.74) is 1.59. The number of anilines is 1. The Hall–Kier alpha value is -3.22. The highest BCUT2D eigenvalue weighted by atomic mass is 16.6. The molecule has 0 saturated heterocycles. The number of nitrogens with one attached hydrogen (secondary N) is 1. The Kier molecular flexibility index (Phi) is 3.26. The van der Waals surface area contributed by atoms with E-state index in [0.29, 0.717) is 11.2 Å². The Morgan fingerprint density at radius 1 is 1.29 bits per heavy atom. The molecule has 7 heteroatoms. The zero-order valence-corrected chi connectivity index (χ0v) is 12.7. The van der Waals surface area contributed by atoms with Gasteiger partial charge < -0.3 is 9.88 Å². The van der Waals surface area contributed by atoms with Gasteiger partial charge in [-0.25, -0.2) is 4.98 Å². The van der Waals surface area contributed by atoms with Gasteiger partial charge in [-0.15, -0.1) is 0 Å². The Bertz CT molecular complexity index is 959. The van der Waals surface area contributed by atoms with Gasteiger partial charge in [-0.3, -0.25) is 14.9 Å². The van der Waals surface area contributed by atoms with Crippen molar-refractivity contribution in [2.45, 2.75) is 12.8 Å². The summed E-state index contributed by atoms with van der Waals surface area (Å²) >= 11 is 0. The number of nitro benzene ring substituents is 1. The fourth-order valence-corrected chi connectivity index (χ4v) is 2.75. The molecule has 7 nitrogen and oxygen atoms in total. The maximum absolute atomic E-state index is 11.9. The summed E-state index contributed by atoms with van der Waals surface area (Å²) in [6.07, 6.45) is 5.25. The van der Waals surface area contributed by atoms with Crippen LogP contribution in [0.25, 0.3) is 16.6 Å². The lowest BCUT2D eigenvalue weighted by Gasteiger charge is -2.08. The molecular formula is C17H14N4O3. The third kappa shape index (κ3) is 2.50. The van der Waals surface area contributed by atoms with E-state index >= 15 is 0 Å². The number of pyridine rings is 1. The number of nitrogens with zero attached hydrogens (tertiary/aromatic N) is 3. The lowest BCUT2D eigenvalue weighted by Crippen LogP contribution is -2.14. The average Bonchev–Trinajstić information content (AvgIpc) is 3.34. The van der Waals surface area contributed by atoms with Crippen LogP contribution in [0.1, 0.15) is 12.8 Å². The standard InChI is InChI=1S/C17H14N4O3/c22-17(11-4-5-11)19-16-10-12(6-8-18-16)20-9-7-13-14(20)2-1-3-15(13)21(23)24/h1-3,6-11H,4-5H2,(H,18,19,22). The topological polar surface area (TPSA) is 90.1 Å². The molecule has 0 unspecified atom stereocenters. The molecule has 1 saturated carbocycles. The van der Waals surface area contributed by atoms with Crippen molar-refractivity contribution in [2.24, 2.45) is 5.92 Å². The third-order valence-corrected chi connectivity index (χ3v) is 4.13. The summed E-state index contributed by atoms with van der Waals surface area (Å²) < 4.78 is 1.84. The van der Waals surface area contributed by atoms with Gasteiger partial charge in [0, 0.05) is 30.4 Å². The minimum Gasteiger partial charge on any atom is -0.316 e. The zero-order valence-electron chi connectivity index (χ0n) is 12.7. The Balaban J connectivity index is 1.73. The van der Waals surface area contributed by atoms with Crippen LogP contribution >= 0.6 is 0 Å². The van der Waals surface area contributed by atoms with Crippen molar-refractivity contribution in [3.05, 3.63) is 58.9 Å². The first kappa shape index (κ1) is 14.4. The molecule has 1 fully saturated rings. The van der Waals surface area contributed by atoms with Crippen LogP contribution in [0, 0.1) is 16.0 Å². The maximum atomic E-state index is 11.9. The fraction of sp³-hybridized carbons (Fsp3) is 0.176. The molecule has 4 rings (SSSR count). The Labute approximate surface area is 137 Å². The normalized spacial score (nSPS) is 13.8. The van der Waals surface area contributed by atoms with Gasteiger partial charge in [-0.2, -0.15) is 0 Å². The van der Waals surface area contributed by atoms with Gasteiger partial charge in [0.2, 0.25) is 5.91 Å². The molecule has 0 spiro atoms. The van der Waals surface area contributed by atoms with Crippen molar-refractivity contribution in [1.82, 2.24) is 9.55 Å². The number of nitro groups is 1. The minimum absolute atomic E-state index is 0.00680. The van der Waals surface area contributed by atoms with Crippen molar-refractivity contribution < 1.29 is 9.72 Å². The number of hydrogen-bond donors (Lipinski definition) is 1. The maximum Gasteiger partial charge on any atom is 0.278 e. The predicted molar refractivity (Wildman–Crippen MR) is 89.1 cm³/mol. The molecule has 0 aliphatic heterocycles. The van der Waals surface area contributed by atoms with Crippen molar-refractivity contribution in [3.8, 4) is 5.69 Å². The summed E-state index contributed by atoms with van der Waals surface area (Å²) in [5, 5.41) is 14.5. The highest BCUT2D eigenvalue weighted by molar-refractivity contribution is 5.94. The van der Waals surface area contributed by atoms with Gasteiger partial charge in [-0.1, -0.05) is 6.07 Å². The van der Waals surface area contributed by atoms with E-state index in [0.717, 1.165) is 24.0 Å². The third-order valence-electron chi connectivity index (χ3n) is 4.13. The number of non-ortho nitro benzene ring substituents is 1. The number of carbonyl (C=O) groups is 1. The van der Waals surface area contributed by atoms with Gasteiger partial charge in [0.25, 0.3) is 5.69 Å². The van der Waals surface area contributed by atoms with Crippen LogP contribution in [0.3, 0.4) is 0 Å². The van der Waals surface area contributed by atoms with Crippen LogP contribution in [0.4, 0.5) is 11.5 Å². The van der Waals surface area contributed by atoms with E-state index < -0.39 is 0 Å². The van der Waals surface area contributed by atoms with Crippen molar-refractivity contribution >= 4 is 28.3 Å². The predicted octanol–water partition coefficient (Wildman–Crippen LogP) is 3.28. The van der Waals surface area contributed by atoms with Crippen LogP contribution in [-0.2, 0) is 4.79 Å². The van der Waals surface area contributed by atoms with E-state index in [1.807, 2.05) is 10.6 Å². The van der Waals surface area contributed by atoms with Gasteiger partial charge in [0.05, 0.1) is 21.5 Å². The van der Waals surface area contributed by atoms with E-state index in [-0.39, 0.29) is 22.4 Å². The first-order chi connectivity index (χ1) is 11.6. The molecule has 0 radical (unpaired) electrons. The van der Waals surface area contributed by atoms with E-state index in [1.165, 1.54) is 6.07 Å². The second kappa shape index (κ2) is 5.45. The molecule has 120 valence electrons. The van der Waals surface area contributed by atoms with Crippen LogP contribution < -0.4 is 5.32 Å². The number of carbonyl (C=O) groups excluding carboxylic acids is 1. The fourth-order valence-electron chi connectivity index (χ4n) is 2.75. The van der Waals surface area contributed by atoms with Crippen LogP contribution in [0.2, 0.25) is 0 Å². The molecule has 24 heavy (non-hydrogen) atoms. The van der Waals surface area contributed by atoms with Gasteiger partial charge in [0.1, 0.15) is 5.82 Å². The number of rotatable bonds is 4. The second-order valence-electron chi connectivity index (χ2n) is 5.82. The molecule has 1 amide bonds. The highest BCUT2D eigenvalue weighted by Gasteiger charge is 2.29. The van der Waals surface area contributed by atoms with Gasteiger partial charge in [0.15, 0.2) is 0 Å². The molecule has 0 atom stereocenters. The number of hydrogen-bond acceptors (Lipinski definition) is 4. The van der Waals surface area contributed by atoms with Crippen LogP contribution in [0.5, 0.6) is 0 Å². The molecule has 0 bridgehead atoms. The average molecular weight is 322 g/mol. The van der Waals surface area contributed by atoms with Gasteiger partial charge >= 0.3 is 0 Å². The number of aromatic nitrogens is 2. The summed E-state index contributed by atoms with van der Waals surface area (Å²) in [5.74, 6) is 0.579. The zero-order chi connectivity index (χ0) is 16.7. The molecule has 1 aliphatic carbocycles. The molecule has 2 heterocycles. The first-order valence-electron chi connectivity index (χ1n) is 7.65. The van der Waals surface area contributed by atoms with E-state index in [1.54, 1.807) is 36.7 Å². The van der Waals surface area contributed by atoms with Crippen LogP contribution in [0.15, 0.2) is 48.8 Å². The van der Waals surface area contributed by atoms with Crippen LogP contribution in [-0.4, -0.2) is 20.4 Å². The minimum atomic E-state index is -0.388. The summed E-state index contributed by atoms with van der Waals surface area (Å²) in [7, 11) is 0. The van der Waals surface area contributed by atoms with E-state index in [9.17, 15) is 14.9 Å². The van der Waals surface area contributed by atoms with E-state index in [2.05, 4.69) is 10.3 Å². The Morgan fingerprint density at radius 3 is 2.88 bits per heavy atom. The number of benzene rings is 1. The summed E-state index contributed by atoms with van der Waals surface area (Å²) in [6.45, 7) is 0. The van der Waals surface area contributed by atoms with E-state index in [4.69, 9.17) is 0 Å². The summed E-state index contributed by atoms with van der Waals surface area (Å²) in [4.78, 5) is 26.8. The summed E-state index contributed by atoms with van der Waals surface area (Å²) in [6, 6.07) is 10.2. The number of amides is 1. The van der Waals surface area contributed by atoms with Crippen molar-refractivity contribution in [3.63, 3.8) is 0 Å². The van der Waals surface area contributed by atoms with Gasteiger partial charge in [-0.05, 0) is 31.0 Å². The Morgan fingerprint density at radius 2 is 2.12 bits per heavy atom. The SMILES string of the molecule is O=C(Nc1cc(-n2ccc3c([N+](=O)[O-])cccc32)ccn1)C1CC1.